The lowest BCUT2D eigenvalue weighted by atomic mass is 9.78. The first kappa shape index (κ1) is 13.9. The van der Waals surface area contributed by atoms with Gasteiger partial charge < -0.3 is 10.5 Å². The van der Waals surface area contributed by atoms with Crippen molar-refractivity contribution in [3.63, 3.8) is 0 Å². The second-order valence-corrected chi connectivity index (χ2v) is 6.54. The SMILES string of the molecule is COc1ccc(Br)cc1CC(N)C1(C)CCCC1. The average Bonchev–Trinajstić information content (AvgIpc) is 2.78. The molecule has 1 aromatic rings. The molecule has 2 rings (SSSR count). The molecule has 1 fully saturated rings. The first-order valence-electron chi connectivity index (χ1n) is 6.63. The second-order valence-electron chi connectivity index (χ2n) is 5.63. The molecule has 0 heterocycles. The summed E-state index contributed by atoms with van der Waals surface area (Å²) in [7, 11) is 1.72. The molecular formula is C15H22BrNO. The van der Waals surface area contributed by atoms with Crippen LogP contribution in [-0.2, 0) is 6.42 Å². The average molecular weight is 312 g/mol. The molecule has 2 N–H and O–H groups in total. The summed E-state index contributed by atoms with van der Waals surface area (Å²) in [5.74, 6) is 0.940. The third-order valence-electron chi connectivity index (χ3n) is 4.32. The summed E-state index contributed by atoms with van der Waals surface area (Å²) in [5.41, 5.74) is 7.95. The van der Waals surface area contributed by atoms with E-state index in [0.29, 0.717) is 5.41 Å². The molecule has 1 atom stereocenters. The summed E-state index contributed by atoms with van der Waals surface area (Å²) in [6.45, 7) is 2.33. The van der Waals surface area contributed by atoms with E-state index < -0.39 is 0 Å². The van der Waals surface area contributed by atoms with Gasteiger partial charge in [-0.3, -0.25) is 0 Å². The van der Waals surface area contributed by atoms with Crippen molar-refractivity contribution in [2.24, 2.45) is 11.1 Å². The topological polar surface area (TPSA) is 35.2 Å². The zero-order chi connectivity index (χ0) is 13.2. The Morgan fingerprint density at radius 2 is 2.06 bits per heavy atom. The molecular weight excluding hydrogens is 290 g/mol. The number of ether oxygens (including phenoxy) is 1. The minimum Gasteiger partial charge on any atom is -0.496 e. The van der Waals surface area contributed by atoms with Gasteiger partial charge >= 0.3 is 0 Å². The number of rotatable bonds is 4. The van der Waals surface area contributed by atoms with Crippen LogP contribution < -0.4 is 10.5 Å². The van der Waals surface area contributed by atoms with Gasteiger partial charge in [0.25, 0.3) is 0 Å². The number of benzene rings is 1. The number of hydrogen-bond acceptors (Lipinski definition) is 2. The lowest BCUT2D eigenvalue weighted by Gasteiger charge is -2.31. The first-order chi connectivity index (χ1) is 8.55. The lowest BCUT2D eigenvalue weighted by molar-refractivity contribution is 0.258. The Balaban J connectivity index is 2.15. The maximum Gasteiger partial charge on any atom is 0.122 e. The molecule has 1 saturated carbocycles. The Hall–Kier alpha value is -0.540. The van der Waals surface area contributed by atoms with E-state index in [2.05, 4.69) is 28.9 Å². The van der Waals surface area contributed by atoms with Crippen LogP contribution in [0, 0.1) is 5.41 Å². The van der Waals surface area contributed by atoms with Crippen LogP contribution in [0.15, 0.2) is 22.7 Å². The Morgan fingerprint density at radius 3 is 2.67 bits per heavy atom. The predicted octanol–water partition coefficient (Wildman–Crippen LogP) is 3.91. The van der Waals surface area contributed by atoms with E-state index in [4.69, 9.17) is 10.5 Å². The highest BCUT2D eigenvalue weighted by Crippen LogP contribution is 2.41. The van der Waals surface area contributed by atoms with Gasteiger partial charge in [0.15, 0.2) is 0 Å². The normalized spacial score (nSPS) is 19.8. The van der Waals surface area contributed by atoms with E-state index in [1.807, 2.05) is 12.1 Å². The van der Waals surface area contributed by atoms with Gasteiger partial charge in [0, 0.05) is 10.5 Å². The lowest BCUT2D eigenvalue weighted by Crippen LogP contribution is -2.39. The van der Waals surface area contributed by atoms with Crippen LogP contribution in [0.4, 0.5) is 0 Å². The molecule has 100 valence electrons. The highest BCUT2D eigenvalue weighted by Gasteiger charge is 2.35. The van der Waals surface area contributed by atoms with E-state index in [1.54, 1.807) is 7.11 Å². The molecule has 0 saturated heterocycles. The molecule has 0 aromatic heterocycles. The molecule has 18 heavy (non-hydrogen) atoms. The van der Waals surface area contributed by atoms with E-state index in [9.17, 15) is 0 Å². The van der Waals surface area contributed by atoms with Gasteiger partial charge in [-0.05, 0) is 48.4 Å². The van der Waals surface area contributed by atoms with Gasteiger partial charge in [-0.25, -0.2) is 0 Å². The predicted molar refractivity (Wildman–Crippen MR) is 78.9 cm³/mol. The first-order valence-corrected chi connectivity index (χ1v) is 7.42. The molecule has 0 spiro atoms. The van der Waals surface area contributed by atoms with Gasteiger partial charge in [0.2, 0.25) is 0 Å². The largest absolute Gasteiger partial charge is 0.496 e. The van der Waals surface area contributed by atoms with Crippen LogP contribution in [0.2, 0.25) is 0 Å². The molecule has 1 aliphatic rings. The van der Waals surface area contributed by atoms with Gasteiger partial charge in [-0.15, -0.1) is 0 Å². The van der Waals surface area contributed by atoms with Crippen LogP contribution >= 0.6 is 15.9 Å². The van der Waals surface area contributed by atoms with Gasteiger partial charge in [-0.1, -0.05) is 35.7 Å². The Bertz CT molecular complexity index is 413. The second kappa shape index (κ2) is 5.62. The van der Waals surface area contributed by atoms with Gasteiger partial charge in [-0.2, -0.15) is 0 Å². The zero-order valence-electron chi connectivity index (χ0n) is 11.2. The van der Waals surface area contributed by atoms with E-state index in [0.717, 1.165) is 16.6 Å². The Morgan fingerprint density at radius 1 is 1.39 bits per heavy atom. The van der Waals surface area contributed by atoms with Crippen molar-refractivity contribution in [2.75, 3.05) is 7.11 Å². The standard InChI is InChI=1S/C15H22BrNO/c1-15(7-3-4-8-15)14(17)10-11-9-12(16)5-6-13(11)18-2/h5-6,9,14H,3-4,7-8,10,17H2,1-2H3. The number of hydrogen-bond donors (Lipinski definition) is 1. The van der Waals surface area contributed by atoms with Gasteiger partial charge in [0.05, 0.1) is 7.11 Å². The molecule has 2 nitrogen and oxygen atoms in total. The molecule has 0 bridgehead atoms. The number of nitrogens with two attached hydrogens (primary N) is 1. The summed E-state index contributed by atoms with van der Waals surface area (Å²) in [6.07, 6.45) is 6.04. The minimum atomic E-state index is 0.211. The van der Waals surface area contributed by atoms with Crippen molar-refractivity contribution < 1.29 is 4.74 Å². The summed E-state index contributed by atoms with van der Waals surface area (Å²) in [4.78, 5) is 0. The van der Waals surface area contributed by atoms with E-state index in [1.165, 1.54) is 31.2 Å². The zero-order valence-corrected chi connectivity index (χ0v) is 12.8. The molecule has 1 aliphatic carbocycles. The third kappa shape index (κ3) is 2.89. The fourth-order valence-corrected chi connectivity index (χ4v) is 3.35. The van der Waals surface area contributed by atoms with E-state index >= 15 is 0 Å². The summed E-state index contributed by atoms with van der Waals surface area (Å²) in [6, 6.07) is 6.34. The molecule has 3 heteroatoms. The van der Waals surface area contributed by atoms with Crippen LogP contribution in [0.3, 0.4) is 0 Å². The highest BCUT2D eigenvalue weighted by molar-refractivity contribution is 9.10. The van der Waals surface area contributed by atoms with Crippen LogP contribution in [-0.4, -0.2) is 13.2 Å². The maximum atomic E-state index is 6.45. The monoisotopic (exact) mass is 311 g/mol. The molecule has 0 aliphatic heterocycles. The quantitative estimate of drug-likeness (QED) is 0.915. The van der Waals surface area contributed by atoms with Crippen molar-refractivity contribution in [1.29, 1.82) is 0 Å². The van der Waals surface area contributed by atoms with Crippen molar-refractivity contribution in [1.82, 2.24) is 0 Å². The van der Waals surface area contributed by atoms with Crippen LogP contribution in [0.25, 0.3) is 0 Å². The van der Waals surface area contributed by atoms with Crippen LogP contribution in [0.5, 0.6) is 5.75 Å². The molecule has 0 amide bonds. The van der Waals surface area contributed by atoms with E-state index in [-0.39, 0.29) is 6.04 Å². The Labute approximate surface area is 118 Å². The number of methoxy groups -OCH3 is 1. The minimum absolute atomic E-state index is 0.211. The Kier molecular flexibility index (Phi) is 4.33. The maximum absolute atomic E-state index is 6.45. The van der Waals surface area contributed by atoms with Crippen LogP contribution in [0.1, 0.15) is 38.2 Å². The molecule has 0 radical (unpaired) electrons. The summed E-state index contributed by atoms with van der Waals surface area (Å²) in [5, 5.41) is 0. The van der Waals surface area contributed by atoms with Crippen molar-refractivity contribution in [2.45, 2.75) is 45.1 Å². The molecule has 1 aromatic carbocycles. The fraction of sp³-hybridized carbons (Fsp3) is 0.600. The smallest absolute Gasteiger partial charge is 0.122 e. The molecule has 1 unspecified atom stereocenters. The number of halogens is 1. The van der Waals surface area contributed by atoms with Crippen molar-refractivity contribution in [3.8, 4) is 5.75 Å². The van der Waals surface area contributed by atoms with Crippen molar-refractivity contribution >= 4 is 15.9 Å². The fourth-order valence-electron chi connectivity index (χ4n) is 2.94. The van der Waals surface area contributed by atoms with Crippen molar-refractivity contribution in [3.05, 3.63) is 28.2 Å². The highest BCUT2D eigenvalue weighted by atomic mass is 79.9. The van der Waals surface area contributed by atoms with Gasteiger partial charge in [0.1, 0.15) is 5.75 Å². The summed E-state index contributed by atoms with van der Waals surface area (Å²) < 4.78 is 6.51. The summed E-state index contributed by atoms with van der Waals surface area (Å²) >= 11 is 3.52. The third-order valence-corrected chi connectivity index (χ3v) is 4.82.